The fourth-order valence-electron chi connectivity index (χ4n) is 3.81. The quantitative estimate of drug-likeness (QED) is 0.588. The summed E-state index contributed by atoms with van der Waals surface area (Å²) in [5.74, 6) is 0.0804. The highest BCUT2D eigenvalue weighted by molar-refractivity contribution is 5.80. The molecule has 1 aliphatic carbocycles. The van der Waals surface area contributed by atoms with Gasteiger partial charge in [0.15, 0.2) is 5.96 Å². The number of halogens is 2. The fraction of sp³-hybridized carbons (Fsp3) is 0.650. The van der Waals surface area contributed by atoms with Gasteiger partial charge in [-0.15, -0.1) is 0 Å². The number of rotatable bonds is 6. The van der Waals surface area contributed by atoms with Crippen molar-refractivity contribution in [2.24, 2.45) is 10.9 Å². The molecule has 1 aromatic carbocycles. The first-order valence-corrected chi connectivity index (χ1v) is 9.74. The number of ether oxygens (including phenoxy) is 1. The van der Waals surface area contributed by atoms with E-state index in [0.29, 0.717) is 24.3 Å². The normalized spacial score (nSPS) is 24.7. The Labute approximate surface area is 160 Å². The SMILES string of the molecule is CN=C(NCC(C(C)C)N1CCOCC1)NC1CC1c1c(F)cccc1F. The summed E-state index contributed by atoms with van der Waals surface area (Å²) in [7, 11) is 1.72. The van der Waals surface area contributed by atoms with Gasteiger partial charge in [0, 0.05) is 50.2 Å². The highest BCUT2D eigenvalue weighted by Crippen LogP contribution is 2.43. The van der Waals surface area contributed by atoms with Gasteiger partial charge in [-0.05, 0) is 24.5 Å². The van der Waals surface area contributed by atoms with Crippen molar-refractivity contribution < 1.29 is 13.5 Å². The van der Waals surface area contributed by atoms with Crippen molar-refractivity contribution in [1.82, 2.24) is 15.5 Å². The van der Waals surface area contributed by atoms with Gasteiger partial charge in [-0.25, -0.2) is 8.78 Å². The molecule has 0 bridgehead atoms. The minimum Gasteiger partial charge on any atom is -0.379 e. The zero-order valence-corrected chi connectivity index (χ0v) is 16.3. The molecule has 3 rings (SSSR count). The van der Waals surface area contributed by atoms with Gasteiger partial charge < -0.3 is 15.4 Å². The second-order valence-corrected chi connectivity index (χ2v) is 7.64. The summed E-state index contributed by atoms with van der Waals surface area (Å²) in [5, 5.41) is 6.69. The molecule has 1 saturated carbocycles. The van der Waals surface area contributed by atoms with Crippen LogP contribution in [0.4, 0.5) is 8.78 Å². The van der Waals surface area contributed by atoms with Crippen molar-refractivity contribution >= 4 is 5.96 Å². The smallest absolute Gasteiger partial charge is 0.191 e. The van der Waals surface area contributed by atoms with E-state index < -0.39 is 11.6 Å². The summed E-state index contributed by atoms with van der Waals surface area (Å²) in [6.07, 6.45) is 0.704. The Bertz CT molecular complexity index is 641. The molecule has 27 heavy (non-hydrogen) atoms. The van der Waals surface area contributed by atoms with Crippen LogP contribution in [-0.2, 0) is 4.74 Å². The lowest BCUT2D eigenvalue weighted by molar-refractivity contribution is 0.00752. The van der Waals surface area contributed by atoms with Gasteiger partial charge in [0.05, 0.1) is 13.2 Å². The summed E-state index contributed by atoms with van der Waals surface area (Å²) in [4.78, 5) is 6.73. The van der Waals surface area contributed by atoms with Gasteiger partial charge in [-0.1, -0.05) is 19.9 Å². The molecule has 2 aliphatic rings. The first-order chi connectivity index (χ1) is 13.0. The Morgan fingerprint density at radius 2 is 1.93 bits per heavy atom. The van der Waals surface area contributed by atoms with E-state index in [2.05, 4.69) is 34.4 Å². The molecule has 7 heteroatoms. The number of benzene rings is 1. The van der Waals surface area contributed by atoms with E-state index in [0.717, 1.165) is 32.8 Å². The standard InChI is InChI=1S/C20H30F2N4O/c1-13(2)18(26-7-9-27-10-8-26)12-24-20(23-3)25-17-11-14(17)19-15(21)5-4-6-16(19)22/h4-6,13-14,17-18H,7-12H2,1-3H3,(H2,23,24,25). The summed E-state index contributed by atoms with van der Waals surface area (Å²) in [6.45, 7) is 8.62. The number of hydrogen-bond donors (Lipinski definition) is 2. The molecule has 2 N–H and O–H groups in total. The van der Waals surface area contributed by atoms with E-state index in [-0.39, 0.29) is 17.5 Å². The summed E-state index contributed by atoms with van der Waals surface area (Å²) >= 11 is 0. The summed E-state index contributed by atoms with van der Waals surface area (Å²) in [5.41, 5.74) is 0.179. The summed E-state index contributed by atoms with van der Waals surface area (Å²) < 4.78 is 33.4. The molecule has 3 unspecified atom stereocenters. The highest BCUT2D eigenvalue weighted by atomic mass is 19.1. The maximum atomic E-state index is 14.0. The predicted octanol–water partition coefficient (Wildman–Crippen LogP) is 2.34. The minimum atomic E-state index is -0.473. The van der Waals surface area contributed by atoms with Crippen LogP contribution in [0, 0.1) is 17.6 Å². The Kier molecular flexibility index (Phi) is 6.65. The predicted molar refractivity (Wildman–Crippen MR) is 103 cm³/mol. The van der Waals surface area contributed by atoms with Crippen LogP contribution < -0.4 is 10.6 Å². The van der Waals surface area contributed by atoms with E-state index in [1.807, 2.05) is 0 Å². The molecule has 5 nitrogen and oxygen atoms in total. The fourth-order valence-corrected chi connectivity index (χ4v) is 3.81. The zero-order valence-electron chi connectivity index (χ0n) is 16.3. The Balaban J connectivity index is 1.54. The van der Waals surface area contributed by atoms with Crippen molar-refractivity contribution in [2.75, 3.05) is 39.9 Å². The molecule has 1 aliphatic heterocycles. The molecular weight excluding hydrogens is 350 g/mol. The third kappa shape index (κ3) is 4.96. The molecule has 3 atom stereocenters. The lowest BCUT2D eigenvalue weighted by Crippen LogP contribution is -2.52. The highest BCUT2D eigenvalue weighted by Gasteiger charge is 2.42. The second kappa shape index (κ2) is 8.97. The molecule has 0 aromatic heterocycles. The average Bonchev–Trinajstić information content (AvgIpc) is 3.40. The maximum Gasteiger partial charge on any atom is 0.191 e. The van der Waals surface area contributed by atoms with E-state index in [9.17, 15) is 8.78 Å². The first kappa shape index (κ1) is 20.0. The molecule has 150 valence electrons. The largest absolute Gasteiger partial charge is 0.379 e. The van der Waals surface area contributed by atoms with Crippen LogP contribution >= 0.6 is 0 Å². The van der Waals surface area contributed by atoms with Gasteiger partial charge in [0.2, 0.25) is 0 Å². The molecular formula is C20H30F2N4O. The van der Waals surface area contributed by atoms with Gasteiger partial charge >= 0.3 is 0 Å². The second-order valence-electron chi connectivity index (χ2n) is 7.64. The van der Waals surface area contributed by atoms with E-state index in [4.69, 9.17) is 4.74 Å². The summed E-state index contributed by atoms with van der Waals surface area (Å²) in [6, 6.07) is 4.42. The van der Waals surface area contributed by atoms with Crippen molar-refractivity contribution in [1.29, 1.82) is 0 Å². The van der Waals surface area contributed by atoms with E-state index >= 15 is 0 Å². The number of hydrogen-bond acceptors (Lipinski definition) is 3. The molecule has 1 heterocycles. The van der Waals surface area contributed by atoms with Crippen LogP contribution in [-0.4, -0.2) is 62.8 Å². The third-order valence-electron chi connectivity index (χ3n) is 5.47. The van der Waals surface area contributed by atoms with Crippen LogP contribution in [0.5, 0.6) is 0 Å². The van der Waals surface area contributed by atoms with Gasteiger partial charge in [0.1, 0.15) is 11.6 Å². The van der Waals surface area contributed by atoms with Gasteiger partial charge in [-0.2, -0.15) is 0 Å². The van der Waals surface area contributed by atoms with E-state index in [1.165, 1.54) is 18.2 Å². The van der Waals surface area contributed by atoms with Crippen LogP contribution in [0.2, 0.25) is 0 Å². The molecule has 1 aromatic rings. The first-order valence-electron chi connectivity index (χ1n) is 9.74. The molecule has 0 amide bonds. The van der Waals surface area contributed by atoms with Gasteiger partial charge in [-0.3, -0.25) is 9.89 Å². The number of guanidine groups is 1. The van der Waals surface area contributed by atoms with E-state index in [1.54, 1.807) is 7.05 Å². The Morgan fingerprint density at radius 1 is 1.26 bits per heavy atom. The number of aliphatic imine (C=N–C) groups is 1. The lowest BCUT2D eigenvalue weighted by atomic mass is 10.0. The monoisotopic (exact) mass is 380 g/mol. The Hall–Kier alpha value is -1.73. The zero-order chi connectivity index (χ0) is 19.4. The number of nitrogens with zero attached hydrogens (tertiary/aromatic N) is 2. The topological polar surface area (TPSA) is 48.9 Å². The van der Waals surface area contributed by atoms with Crippen LogP contribution in [0.15, 0.2) is 23.2 Å². The Morgan fingerprint density at radius 3 is 2.52 bits per heavy atom. The van der Waals surface area contributed by atoms with Crippen molar-refractivity contribution in [3.63, 3.8) is 0 Å². The molecule has 0 radical (unpaired) electrons. The van der Waals surface area contributed by atoms with Crippen LogP contribution in [0.25, 0.3) is 0 Å². The van der Waals surface area contributed by atoms with Crippen LogP contribution in [0.3, 0.4) is 0 Å². The van der Waals surface area contributed by atoms with Gasteiger partial charge in [0.25, 0.3) is 0 Å². The van der Waals surface area contributed by atoms with Crippen molar-refractivity contribution in [2.45, 2.75) is 38.3 Å². The minimum absolute atomic E-state index is 0.00323. The lowest BCUT2D eigenvalue weighted by Gasteiger charge is -2.37. The van der Waals surface area contributed by atoms with Crippen molar-refractivity contribution in [3.05, 3.63) is 35.4 Å². The molecule has 0 spiro atoms. The number of nitrogens with one attached hydrogen (secondary N) is 2. The van der Waals surface area contributed by atoms with Crippen LogP contribution in [0.1, 0.15) is 31.7 Å². The third-order valence-corrected chi connectivity index (χ3v) is 5.47. The van der Waals surface area contributed by atoms with Crippen molar-refractivity contribution in [3.8, 4) is 0 Å². The molecule has 2 fully saturated rings. The molecule has 1 saturated heterocycles. The average molecular weight is 380 g/mol. The number of morpholine rings is 1. The maximum absolute atomic E-state index is 14.0.